The quantitative estimate of drug-likeness (QED) is 0.484. The minimum atomic E-state index is -1.01. The van der Waals surface area contributed by atoms with Gasteiger partial charge in [-0.15, -0.1) is 0 Å². The molecule has 1 aromatic carbocycles. The molecular weight excluding hydrogens is 356 g/mol. The summed E-state index contributed by atoms with van der Waals surface area (Å²) in [6, 6.07) is 6.11. The van der Waals surface area contributed by atoms with Crippen LogP contribution in [0.4, 0.5) is 0 Å². The lowest BCUT2D eigenvalue weighted by atomic mass is 10.1. The van der Waals surface area contributed by atoms with Gasteiger partial charge in [-0.1, -0.05) is 56.0 Å². The molecule has 1 aromatic rings. The highest BCUT2D eigenvalue weighted by Gasteiger charge is 2.21. The normalized spacial score (nSPS) is 11.6. The molecule has 0 fully saturated rings. The first kappa shape index (κ1) is 22.0. The number of halogens is 1. The first-order chi connectivity index (χ1) is 12.4. The summed E-state index contributed by atoms with van der Waals surface area (Å²) in [5, 5.41) is 14.7. The summed E-state index contributed by atoms with van der Waals surface area (Å²) in [5.41, 5.74) is 0.656. The zero-order chi connectivity index (χ0) is 19.4. The Morgan fingerprint density at radius 2 is 1.88 bits per heavy atom. The van der Waals surface area contributed by atoms with Gasteiger partial charge in [0.25, 0.3) is 0 Å². The van der Waals surface area contributed by atoms with Crippen LogP contribution < -0.4 is 10.6 Å². The third-order valence-electron chi connectivity index (χ3n) is 3.94. The summed E-state index contributed by atoms with van der Waals surface area (Å²) in [7, 11) is 0. The minimum absolute atomic E-state index is 0.0347. The van der Waals surface area contributed by atoms with E-state index in [9.17, 15) is 14.4 Å². The molecule has 0 aliphatic rings. The number of benzene rings is 1. The number of hydrogen-bond acceptors (Lipinski definition) is 3. The van der Waals surface area contributed by atoms with E-state index in [2.05, 4.69) is 17.6 Å². The number of nitrogens with one attached hydrogen (secondary N) is 2. The van der Waals surface area contributed by atoms with Gasteiger partial charge in [0, 0.05) is 18.0 Å². The molecule has 26 heavy (non-hydrogen) atoms. The molecule has 0 aliphatic carbocycles. The Bertz CT molecular complexity index is 607. The topological polar surface area (TPSA) is 95.5 Å². The monoisotopic (exact) mass is 382 g/mol. The van der Waals surface area contributed by atoms with Gasteiger partial charge in [0.05, 0.1) is 6.42 Å². The molecule has 3 N–H and O–H groups in total. The number of carboxylic acid groups (broad SMARTS) is 1. The minimum Gasteiger partial charge on any atom is -0.481 e. The van der Waals surface area contributed by atoms with Crippen LogP contribution in [0, 0.1) is 0 Å². The van der Waals surface area contributed by atoms with E-state index in [0.29, 0.717) is 17.1 Å². The molecule has 1 rings (SSSR count). The zero-order valence-corrected chi connectivity index (χ0v) is 15.8. The zero-order valence-electron chi connectivity index (χ0n) is 15.1. The molecule has 0 heterocycles. The van der Waals surface area contributed by atoms with Crippen LogP contribution >= 0.6 is 11.6 Å². The maximum Gasteiger partial charge on any atom is 0.303 e. The highest BCUT2D eigenvalue weighted by atomic mass is 35.5. The Kier molecular flexibility index (Phi) is 10.4. The number of unbranched alkanes of at least 4 members (excludes halogenated alkanes) is 3. The molecular formula is C19H27ClN2O4. The van der Waals surface area contributed by atoms with Gasteiger partial charge in [0.2, 0.25) is 11.8 Å². The molecule has 0 bridgehead atoms. The second-order valence-electron chi connectivity index (χ2n) is 6.17. The average Bonchev–Trinajstić information content (AvgIpc) is 2.60. The smallest absolute Gasteiger partial charge is 0.303 e. The molecule has 6 nitrogen and oxygen atoms in total. The summed E-state index contributed by atoms with van der Waals surface area (Å²) in [6.45, 7) is 2.62. The molecule has 1 atom stereocenters. The molecule has 0 aliphatic heterocycles. The first-order valence-corrected chi connectivity index (χ1v) is 9.34. The maximum absolute atomic E-state index is 12.3. The molecule has 0 saturated heterocycles. The summed E-state index contributed by atoms with van der Waals surface area (Å²) < 4.78 is 0. The van der Waals surface area contributed by atoms with E-state index in [1.165, 1.54) is 0 Å². The highest BCUT2D eigenvalue weighted by Crippen LogP contribution is 2.15. The lowest BCUT2D eigenvalue weighted by Gasteiger charge is -2.18. The lowest BCUT2D eigenvalue weighted by Crippen LogP contribution is -2.47. The van der Waals surface area contributed by atoms with Crippen LogP contribution in [0.5, 0.6) is 0 Å². The van der Waals surface area contributed by atoms with E-state index in [-0.39, 0.29) is 31.1 Å². The van der Waals surface area contributed by atoms with Crippen molar-refractivity contribution in [1.29, 1.82) is 0 Å². The molecule has 0 saturated carbocycles. The van der Waals surface area contributed by atoms with Crippen LogP contribution in [0.3, 0.4) is 0 Å². The van der Waals surface area contributed by atoms with Gasteiger partial charge in [-0.25, -0.2) is 0 Å². The van der Waals surface area contributed by atoms with Crippen molar-refractivity contribution < 1.29 is 19.5 Å². The van der Waals surface area contributed by atoms with Crippen molar-refractivity contribution in [3.05, 3.63) is 34.9 Å². The number of carbonyl (C=O) groups excluding carboxylic acids is 2. The SMILES string of the molecule is CCCCCCNC(=O)[C@H](CCC(=O)O)NC(=O)Cc1ccccc1Cl. The van der Waals surface area contributed by atoms with Gasteiger partial charge in [-0.3, -0.25) is 14.4 Å². The Labute approximate surface area is 159 Å². The fraction of sp³-hybridized carbons (Fsp3) is 0.526. The van der Waals surface area contributed by atoms with Crippen molar-refractivity contribution >= 4 is 29.4 Å². The van der Waals surface area contributed by atoms with Crippen molar-refractivity contribution in [2.75, 3.05) is 6.54 Å². The predicted molar refractivity (Wildman–Crippen MR) is 101 cm³/mol. The predicted octanol–water partition coefficient (Wildman–Crippen LogP) is 2.93. The Balaban J connectivity index is 2.58. The molecule has 0 aromatic heterocycles. The summed E-state index contributed by atoms with van der Waals surface area (Å²) in [5.74, 6) is -1.73. The second-order valence-corrected chi connectivity index (χ2v) is 6.58. The number of rotatable bonds is 12. The molecule has 144 valence electrons. The van der Waals surface area contributed by atoms with Gasteiger partial charge >= 0.3 is 5.97 Å². The molecule has 0 radical (unpaired) electrons. The largest absolute Gasteiger partial charge is 0.481 e. The van der Waals surface area contributed by atoms with E-state index in [0.717, 1.165) is 25.7 Å². The molecule has 2 amide bonds. The van der Waals surface area contributed by atoms with Crippen molar-refractivity contribution in [3.63, 3.8) is 0 Å². The Hall–Kier alpha value is -2.08. The first-order valence-electron chi connectivity index (χ1n) is 8.96. The van der Waals surface area contributed by atoms with Crippen molar-refractivity contribution in [1.82, 2.24) is 10.6 Å². The number of carbonyl (C=O) groups is 3. The summed E-state index contributed by atoms with van der Waals surface area (Å²) in [4.78, 5) is 35.4. The fourth-order valence-corrected chi connectivity index (χ4v) is 2.69. The third kappa shape index (κ3) is 8.85. The van der Waals surface area contributed by atoms with E-state index in [1.807, 2.05) is 0 Å². The van der Waals surface area contributed by atoms with Crippen LogP contribution in [-0.2, 0) is 20.8 Å². The van der Waals surface area contributed by atoms with Crippen LogP contribution in [0.2, 0.25) is 5.02 Å². The van der Waals surface area contributed by atoms with Gasteiger partial charge < -0.3 is 15.7 Å². The van der Waals surface area contributed by atoms with Crippen LogP contribution in [-0.4, -0.2) is 35.5 Å². The Morgan fingerprint density at radius 1 is 1.15 bits per heavy atom. The van der Waals surface area contributed by atoms with E-state index in [4.69, 9.17) is 16.7 Å². The number of carboxylic acids is 1. The van der Waals surface area contributed by atoms with Crippen LogP contribution in [0.15, 0.2) is 24.3 Å². The number of amides is 2. The van der Waals surface area contributed by atoms with Crippen molar-refractivity contribution in [2.45, 2.75) is 57.9 Å². The summed E-state index contributed by atoms with van der Waals surface area (Å²) >= 11 is 6.04. The van der Waals surface area contributed by atoms with Gasteiger partial charge in [0.15, 0.2) is 0 Å². The Morgan fingerprint density at radius 3 is 2.54 bits per heavy atom. The summed E-state index contributed by atoms with van der Waals surface area (Å²) in [6.07, 6.45) is 3.98. The van der Waals surface area contributed by atoms with Gasteiger partial charge in [0.1, 0.15) is 6.04 Å². The van der Waals surface area contributed by atoms with E-state index < -0.39 is 12.0 Å². The van der Waals surface area contributed by atoms with E-state index in [1.54, 1.807) is 24.3 Å². The lowest BCUT2D eigenvalue weighted by molar-refractivity contribution is -0.138. The van der Waals surface area contributed by atoms with Crippen LogP contribution in [0.1, 0.15) is 51.0 Å². The van der Waals surface area contributed by atoms with E-state index >= 15 is 0 Å². The maximum atomic E-state index is 12.3. The van der Waals surface area contributed by atoms with Crippen molar-refractivity contribution in [2.24, 2.45) is 0 Å². The second kappa shape index (κ2) is 12.3. The molecule has 0 unspecified atom stereocenters. The van der Waals surface area contributed by atoms with Crippen molar-refractivity contribution in [3.8, 4) is 0 Å². The standard InChI is InChI=1S/C19H27ClN2O4/c1-2-3-4-7-12-21-19(26)16(10-11-18(24)25)22-17(23)13-14-8-5-6-9-15(14)20/h5-6,8-9,16H,2-4,7,10-13H2,1H3,(H,21,26)(H,22,23)(H,24,25)/t16-/m0/s1. The van der Waals surface area contributed by atoms with Crippen LogP contribution in [0.25, 0.3) is 0 Å². The van der Waals surface area contributed by atoms with Gasteiger partial charge in [-0.2, -0.15) is 0 Å². The highest BCUT2D eigenvalue weighted by molar-refractivity contribution is 6.31. The number of aliphatic carboxylic acids is 1. The average molecular weight is 383 g/mol. The molecule has 0 spiro atoms. The third-order valence-corrected chi connectivity index (χ3v) is 4.31. The number of hydrogen-bond donors (Lipinski definition) is 3. The fourth-order valence-electron chi connectivity index (χ4n) is 2.48. The van der Waals surface area contributed by atoms with Gasteiger partial charge in [-0.05, 0) is 24.5 Å². The molecule has 7 heteroatoms.